The summed E-state index contributed by atoms with van der Waals surface area (Å²) in [5, 5.41) is 19.3. The van der Waals surface area contributed by atoms with E-state index in [1.165, 1.54) is 6.21 Å². The van der Waals surface area contributed by atoms with Crippen molar-refractivity contribution in [3.05, 3.63) is 33.8 Å². The highest BCUT2D eigenvalue weighted by atomic mass is 35.5. The first-order chi connectivity index (χ1) is 9.95. The van der Waals surface area contributed by atoms with Crippen molar-refractivity contribution in [3.8, 4) is 0 Å². The predicted molar refractivity (Wildman–Crippen MR) is 83.3 cm³/mol. The maximum absolute atomic E-state index is 11.5. The van der Waals surface area contributed by atoms with E-state index in [-0.39, 0.29) is 17.5 Å². The molecule has 6 nitrogen and oxygen atoms in total. The summed E-state index contributed by atoms with van der Waals surface area (Å²) in [6, 6.07) is 4.92. The molecule has 1 atom stereocenters. The molecule has 1 amide bonds. The Morgan fingerprint density at radius 2 is 2.24 bits per heavy atom. The zero-order chi connectivity index (χ0) is 15.4. The summed E-state index contributed by atoms with van der Waals surface area (Å²) in [7, 11) is 0. The van der Waals surface area contributed by atoms with Crippen LogP contribution in [0.3, 0.4) is 0 Å². The molecule has 1 heterocycles. The second-order valence-corrected chi connectivity index (χ2v) is 6.04. The van der Waals surface area contributed by atoms with Gasteiger partial charge < -0.3 is 10.4 Å². The molecule has 1 aromatic carbocycles. The molecule has 1 aliphatic heterocycles. The molecule has 0 radical (unpaired) electrons. The van der Waals surface area contributed by atoms with Gasteiger partial charge in [0.05, 0.1) is 17.7 Å². The number of nitrogens with one attached hydrogen (secondary N) is 1. The van der Waals surface area contributed by atoms with Crippen LogP contribution in [0.2, 0.25) is 10.0 Å². The van der Waals surface area contributed by atoms with Crippen LogP contribution in [0.1, 0.15) is 12.0 Å². The average Bonchev–Trinajstić information content (AvgIpc) is 2.72. The summed E-state index contributed by atoms with van der Waals surface area (Å²) in [5.41, 5.74) is 0.627. The Bertz CT molecular complexity index is 649. The monoisotopic (exact) mass is 345 g/mol. The van der Waals surface area contributed by atoms with E-state index in [2.05, 4.69) is 15.5 Å². The van der Waals surface area contributed by atoms with Crippen LogP contribution < -0.4 is 5.32 Å². The molecule has 0 unspecified atom stereocenters. The molecule has 1 saturated heterocycles. The number of carboxylic acids is 1. The van der Waals surface area contributed by atoms with Crippen LogP contribution in [0.4, 0.5) is 0 Å². The maximum Gasteiger partial charge on any atom is 0.305 e. The Balaban J connectivity index is 2.03. The van der Waals surface area contributed by atoms with Gasteiger partial charge in [-0.15, -0.1) is 5.10 Å². The Morgan fingerprint density at radius 1 is 1.48 bits per heavy atom. The molecule has 21 heavy (non-hydrogen) atoms. The molecule has 1 fully saturated rings. The van der Waals surface area contributed by atoms with E-state index in [1.807, 2.05) is 0 Å². The number of amides is 1. The summed E-state index contributed by atoms with van der Waals surface area (Å²) in [4.78, 5) is 22.1. The van der Waals surface area contributed by atoms with Crippen molar-refractivity contribution < 1.29 is 14.7 Å². The Morgan fingerprint density at radius 3 is 2.90 bits per heavy atom. The van der Waals surface area contributed by atoms with E-state index < -0.39 is 11.2 Å². The Hall–Kier alpha value is -1.57. The third-order valence-corrected chi connectivity index (χ3v) is 4.08. The van der Waals surface area contributed by atoms with E-state index in [1.54, 1.807) is 18.2 Å². The third kappa shape index (κ3) is 4.45. The molecule has 0 spiro atoms. The fraction of sp³-hybridized carbons (Fsp3) is 0.167. The molecular formula is C12H9Cl2N3O3S. The summed E-state index contributed by atoms with van der Waals surface area (Å²) < 4.78 is 0. The van der Waals surface area contributed by atoms with Gasteiger partial charge in [0.25, 0.3) is 0 Å². The summed E-state index contributed by atoms with van der Waals surface area (Å²) in [6.07, 6.45) is 1.16. The lowest BCUT2D eigenvalue weighted by Crippen LogP contribution is -2.26. The molecule has 2 N–H and O–H groups in total. The number of carbonyl (C=O) groups is 2. The third-order valence-electron chi connectivity index (χ3n) is 2.44. The van der Waals surface area contributed by atoms with Crippen LogP contribution >= 0.6 is 35.0 Å². The Kier molecular flexibility index (Phi) is 5.22. The quantitative estimate of drug-likeness (QED) is 0.647. The fourth-order valence-corrected chi connectivity index (χ4v) is 2.87. The molecule has 1 aromatic rings. The lowest BCUT2D eigenvalue weighted by atomic mass is 10.2. The highest BCUT2D eigenvalue weighted by Crippen LogP contribution is 2.22. The molecule has 0 bridgehead atoms. The number of rotatable bonds is 4. The van der Waals surface area contributed by atoms with Crippen LogP contribution in [0.25, 0.3) is 0 Å². The molecule has 9 heteroatoms. The largest absolute Gasteiger partial charge is 0.481 e. The first-order valence-corrected chi connectivity index (χ1v) is 7.34. The van der Waals surface area contributed by atoms with E-state index in [4.69, 9.17) is 28.3 Å². The van der Waals surface area contributed by atoms with Gasteiger partial charge in [-0.3, -0.25) is 9.59 Å². The van der Waals surface area contributed by atoms with Crippen molar-refractivity contribution in [1.82, 2.24) is 5.32 Å². The zero-order valence-corrected chi connectivity index (χ0v) is 12.7. The number of carboxylic acid groups (broad SMARTS) is 1. The lowest BCUT2D eigenvalue weighted by molar-refractivity contribution is -0.138. The number of aliphatic carboxylic acids is 1. The minimum Gasteiger partial charge on any atom is -0.481 e. The van der Waals surface area contributed by atoms with Crippen LogP contribution in [-0.4, -0.2) is 33.6 Å². The van der Waals surface area contributed by atoms with Crippen molar-refractivity contribution in [1.29, 1.82) is 0 Å². The molecule has 0 aliphatic carbocycles. The van der Waals surface area contributed by atoms with Gasteiger partial charge in [-0.2, -0.15) is 5.10 Å². The van der Waals surface area contributed by atoms with Gasteiger partial charge >= 0.3 is 5.97 Å². The smallest absolute Gasteiger partial charge is 0.305 e. The van der Waals surface area contributed by atoms with Gasteiger partial charge in [-0.05, 0) is 12.1 Å². The Labute approximate surface area is 134 Å². The summed E-state index contributed by atoms with van der Waals surface area (Å²) in [6.45, 7) is 0. The van der Waals surface area contributed by atoms with Crippen molar-refractivity contribution in [2.45, 2.75) is 11.7 Å². The van der Waals surface area contributed by atoms with Gasteiger partial charge in [-0.25, -0.2) is 0 Å². The SMILES string of the molecule is O=C(O)C[C@H]1S/C(=N\N=C/c2ccc(Cl)cc2Cl)NC1=O. The number of hydrogen-bond acceptors (Lipinski definition) is 5. The van der Waals surface area contributed by atoms with E-state index in [9.17, 15) is 9.59 Å². The second-order valence-electron chi connectivity index (χ2n) is 4.01. The molecule has 110 valence electrons. The minimum absolute atomic E-state index is 0.257. The number of hydrogen-bond donors (Lipinski definition) is 2. The lowest BCUT2D eigenvalue weighted by Gasteiger charge is -1.98. The van der Waals surface area contributed by atoms with Gasteiger partial charge in [0.2, 0.25) is 5.91 Å². The van der Waals surface area contributed by atoms with Gasteiger partial charge in [0.1, 0.15) is 5.25 Å². The van der Waals surface area contributed by atoms with Crippen molar-refractivity contribution in [2.24, 2.45) is 10.2 Å². The van der Waals surface area contributed by atoms with Gasteiger partial charge in [0, 0.05) is 10.6 Å². The summed E-state index contributed by atoms with van der Waals surface area (Å²) >= 11 is 12.8. The number of nitrogens with zero attached hydrogens (tertiary/aromatic N) is 2. The van der Waals surface area contributed by atoms with E-state index >= 15 is 0 Å². The number of amidine groups is 1. The zero-order valence-electron chi connectivity index (χ0n) is 10.4. The second kappa shape index (κ2) is 6.93. The topological polar surface area (TPSA) is 91.1 Å². The first kappa shape index (κ1) is 15.8. The summed E-state index contributed by atoms with van der Waals surface area (Å²) in [5.74, 6) is -1.43. The maximum atomic E-state index is 11.5. The van der Waals surface area contributed by atoms with E-state index in [0.29, 0.717) is 15.6 Å². The van der Waals surface area contributed by atoms with E-state index in [0.717, 1.165) is 11.8 Å². The molecule has 1 aliphatic rings. The number of carbonyl (C=O) groups excluding carboxylic acids is 1. The average molecular weight is 346 g/mol. The normalized spacial score (nSPS) is 20.2. The minimum atomic E-state index is -1.04. The highest BCUT2D eigenvalue weighted by molar-refractivity contribution is 8.15. The number of halogens is 2. The molecule has 2 rings (SSSR count). The van der Waals surface area contributed by atoms with Crippen LogP contribution in [0, 0.1) is 0 Å². The van der Waals surface area contributed by atoms with Gasteiger partial charge in [0.15, 0.2) is 5.17 Å². The fourth-order valence-electron chi connectivity index (χ4n) is 1.49. The molecule has 0 aromatic heterocycles. The predicted octanol–water partition coefficient (Wildman–Crippen LogP) is 2.39. The van der Waals surface area contributed by atoms with Crippen molar-refractivity contribution >= 4 is 58.2 Å². The number of thioether (sulfide) groups is 1. The van der Waals surface area contributed by atoms with Crippen LogP contribution in [0.5, 0.6) is 0 Å². The van der Waals surface area contributed by atoms with Gasteiger partial charge in [-0.1, -0.05) is 41.0 Å². The van der Waals surface area contributed by atoms with Crippen LogP contribution in [0.15, 0.2) is 28.4 Å². The highest BCUT2D eigenvalue weighted by Gasteiger charge is 2.32. The first-order valence-electron chi connectivity index (χ1n) is 5.71. The molecule has 0 saturated carbocycles. The van der Waals surface area contributed by atoms with Crippen molar-refractivity contribution in [3.63, 3.8) is 0 Å². The standard InChI is InChI=1S/C12H9Cl2N3O3S/c13-7-2-1-6(8(14)3-7)5-15-17-12-16-11(20)9(21-12)4-10(18)19/h1-3,5,9H,4H2,(H,18,19)(H,16,17,20)/b15-5-/t9-/m1/s1. The molecular weight excluding hydrogens is 337 g/mol. The van der Waals surface area contributed by atoms with Crippen molar-refractivity contribution in [2.75, 3.05) is 0 Å². The van der Waals surface area contributed by atoms with Crippen LogP contribution in [-0.2, 0) is 9.59 Å². The number of benzene rings is 1.